The largest absolute Gasteiger partial charge is 0.238 e. The van der Waals surface area contributed by atoms with E-state index in [2.05, 4.69) is 5.32 Å². The zero-order valence-electron chi connectivity index (χ0n) is 6.55. The van der Waals surface area contributed by atoms with E-state index in [1.165, 1.54) is 38.5 Å². The van der Waals surface area contributed by atoms with Gasteiger partial charge in [-0.05, 0) is 31.6 Å². The predicted molar refractivity (Wildman–Crippen MR) is 42.0 cm³/mol. The Hall–Kier alpha value is -0.0400. The third-order valence-electron chi connectivity index (χ3n) is 2.97. The summed E-state index contributed by atoms with van der Waals surface area (Å²) in [5, 5.41) is 4.65. The minimum Gasteiger partial charge on any atom is -0.238 e. The van der Waals surface area contributed by atoms with Crippen molar-refractivity contribution in [1.29, 1.82) is 0 Å². The van der Waals surface area contributed by atoms with Gasteiger partial charge in [-0.25, -0.2) is 5.32 Å². The molecule has 1 aliphatic heterocycles. The number of hydrogen-bond acceptors (Lipinski definition) is 0. The molecule has 1 heterocycles. The van der Waals surface area contributed by atoms with E-state index in [1.54, 1.807) is 0 Å². The van der Waals surface area contributed by atoms with Crippen molar-refractivity contribution in [2.45, 2.75) is 44.6 Å². The van der Waals surface area contributed by atoms with E-state index in [0.29, 0.717) is 0 Å². The first-order valence-corrected chi connectivity index (χ1v) is 4.63. The van der Waals surface area contributed by atoms with Crippen molar-refractivity contribution in [2.75, 3.05) is 6.54 Å². The standard InChI is InChI=1S/C9H16N/c1-2-6-9-8(4-1)5-3-7-10-9/h8-9H,1-7H2/t8-,9+/m1/s1. The lowest BCUT2D eigenvalue weighted by molar-refractivity contribution is 0.207. The molecule has 1 saturated carbocycles. The predicted octanol–water partition coefficient (Wildman–Crippen LogP) is 1.94. The molecule has 1 saturated heterocycles. The molecule has 2 fully saturated rings. The van der Waals surface area contributed by atoms with Crippen LogP contribution in [0.2, 0.25) is 0 Å². The minimum atomic E-state index is 0.780. The minimum absolute atomic E-state index is 0.780. The first-order valence-electron chi connectivity index (χ1n) is 4.63. The Morgan fingerprint density at radius 3 is 2.60 bits per heavy atom. The van der Waals surface area contributed by atoms with Crippen LogP contribution >= 0.6 is 0 Å². The molecule has 0 aromatic heterocycles. The van der Waals surface area contributed by atoms with E-state index in [-0.39, 0.29) is 0 Å². The van der Waals surface area contributed by atoms with Crippen LogP contribution in [-0.4, -0.2) is 12.6 Å². The highest BCUT2D eigenvalue weighted by Gasteiger charge is 2.27. The molecule has 0 spiro atoms. The van der Waals surface area contributed by atoms with E-state index in [1.807, 2.05) is 0 Å². The molecular formula is C9H16N. The fourth-order valence-electron chi connectivity index (χ4n) is 2.38. The zero-order valence-corrected chi connectivity index (χ0v) is 6.55. The van der Waals surface area contributed by atoms with Gasteiger partial charge in [0.1, 0.15) is 0 Å². The molecule has 1 aliphatic carbocycles. The number of hydrogen-bond donors (Lipinski definition) is 0. The van der Waals surface area contributed by atoms with Crippen LogP contribution in [0.4, 0.5) is 0 Å². The van der Waals surface area contributed by atoms with Crippen LogP contribution in [0.3, 0.4) is 0 Å². The van der Waals surface area contributed by atoms with Crippen LogP contribution in [-0.2, 0) is 0 Å². The van der Waals surface area contributed by atoms with Crippen LogP contribution in [0.5, 0.6) is 0 Å². The quantitative estimate of drug-likeness (QED) is 0.485. The molecule has 0 amide bonds. The summed E-state index contributed by atoms with van der Waals surface area (Å²) in [6, 6.07) is 0.780. The second-order valence-corrected chi connectivity index (χ2v) is 3.66. The zero-order chi connectivity index (χ0) is 6.81. The number of piperidine rings is 1. The molecule has 1 nitrogen and oxygen atoms in total. The highest BCUT2D eigenvalue weighted by Crippen LogP contribution is 2.30. The first-order chi connectivity index (χ1) is 4.97. The molecule has 2 rings (SSSR count). The van der Waals surface area contributed by atoms with Gasteiger partial charge in [-0.1, -0.05) is 12.8 Å². The molecule has 10 heavy (non-hydrogen) atoms. The molecule has 57 valence electrons. The average molecular weight is 138 g/mol. The van der Waals surface area contributed by atoms with Gasteiger partial charge in [0.25, 0.3) is 0 Å². The third kappa shape index (κ3) is 1.20. The smallest absolute Gasteiger partial charge is 0.0274 e. The van der Waals surface area contributed by atoms with Crippen LogP contribution in [0.15, 0.2) is 0 Å². The Morgan fingerprint density at radius 2 is 1.70 bits per heavy atom. The van der Waals surface area contributed by atoms with Gasteiger partial charge in [0, 0.05) is 12.6 Å². The Balaban J connectivity index is 1.93. The molecule has 1 heteroatoms. The summed E-state index contributed by atoms with van der Waals surface area (Å²) >= 11 is 0. The molecule has 2 atom stereocenters. The summed E-state index contributed by atoms with van der Waals surface area (Å²) < 4.78 is 0. The van der Waals surface area contributed by atoms with Crippen molar-refractivity contribution in [3.05, 3.63) is 0 Å². The average Bonchev–Trinajstić information content (AvgIpc) is 2.05. The lowest BCUT2D eigenvalue weighted by atomic mass is 9.80. The van der Waals surface area contributed by atoms with Crippen LogP contribution in [0, 0.1) is 5.92 Å². The Bertz CT molecular complexity index is 85.3. The molecular weight excluding hydrogens is 122 g/mol. The number of fused-ring (bicyclic) bond motifs is 1. The lowest BCUT2D eigenvalue weighted by Gasteiger charge is -2.34. The van der Waals surface area contributed by atoms with Crippen LogP contribution in [0.1, 0.15) is 38.5 Å². The topological polar surface area (TPSA) is 14.1 Å². The van der Waals surface area contributed by atoms with Crippen LogP contribution in [0.25, 0.3) is 0 Å². The van der Waals surface area contributed by atoms with Crippen molar-refractivity contribution in [1.82, 2.24) is 5.32 Å². The van der Waals surface area contributed by atoms with Gasteiger partial charge in [0.2, 0.25) is 0 Å². The van der Waals surface area contributed by atoms with E-state index >= 15 is 0 Å². The van der Waals surface area contributed by atoms with Gasteiger partial charge < -0.3 is 0 Å². The summed E-state index contributed by atoms with van der Waals surface area (Å²) in [6.45, 7) is 1.15. The maximum Gasteiger partial charge on any atom is 0.0274 e. The van der Waals surface area contributed by atoms with Crippen molar-refractivity contribution in [2.24, 2.45) is 5.92 Å². The Kier molecular flexibility index (Phi) is 1.94. The monoisotopic (exact) mass is 138 g/mol. The molecule has 0 aromatic carbocycles. The van der Waals surface area contributed by atoms with Gasteiger partial charge in [-0.15, -0.1) is 0 Å². The molecule has 2 aliphatic rings. The SMILES string of the molecule is C1CC[C@@H]2[N]CCC[C@H]2C1. The maximum absolute atomic E-state index is 4.65. The van der Waals surface area contributed by atoms with Crippen molar-refractivity contribution < 1.29 is 0 Å². The number of rotatable bonds is 0. The number of nitrogens with zero attached hydrogens (tertiary/aromatic N) is 1. The normalized spacial score (nSPS) is 40.8. The molecule has 0 N–H and O–H groups in total. The summed E-state index contributed by atoms with van der Waals surface area (Å²) in [4.78, 5) is 0. The summed E-state index contributed by atoms with van der Waals surface area (Å²) in [7, 11) is 0. The molecule has 0 aromatic rings. The summed E-state index contributed by atoms with van der Waals surface area (Å²) in [5.74, 6) is 0.988. The van der Waals surface area contributed by atoms with Crippen molar-refractivity contribution >= 4 is 0 Å². The van der Waals surface area contributed by atoms with Gasteiger partial charge in [0.15, 0.2) is 0 Å². The van der Waals surface area contributed by atoms with Crippen LogP contribution < -0.4 is 5.32 Å². The van der Waals surface area contributed by atoms with Gasteiger partial charge in [-0.3, -0.25) is 0 Å². The fraction of sp³-hybridized carbons (Fsp3) is 1.00. The van der Waals surface area contributed by atoms with Crippen molar-refractivity contribution in [3.63, 3.8) is 0 Å². The van der Waals surface area contributed by atoms with E-state index in [9.17, 15) is 0 Å². The Morgan fingerprint density at radius 1 is 0.900 bits per heavy atom. The Labute approximate surface area is 63.2 Å². The maximum atomic E-state index is 4.65. The van der Waals surface area contributed by atoms with Gasteiger partial charge in [-0.2, -0.15) is 0 Å². The molecule has 1 radical (unpaired) electrons. The first kappa shape index (κ1) is 6.66. The van der Waals surface area contributed by atoms with Crippen molar-refractivity contribution in [3.8, 4) is 0 Å². The van der Waals surface area contributed by atoms with E-state index in [4.69, 9.17) is 0 Å². The molecule has 0 bridgehead atoms. The highest BCUT2D eigenvalue weighted by atomic mass is 14.9. The fourth-order valence-corrected chi connectivity index (χ4v) is 2.38. The van der Waals surface area contributed by atoms with E-state index < -0.39 is 0 Å². The molecule has 0 unspecified atom stereocenters. The highest BCUT2D eigenvalue weighted by molar-refractivity contribution is 4.83. The lowest BCUT2D eigenvalue weighted by Crippen LogP contribution is -2.38. The summed E-state index contributed by atoms with van der Waals surface area (Å²) in [6.07, 6.45) is 8.59. The summed E-state index contributed by atoms with van der Waals surface area (Å²) in [5.41, 5.74) is 0. The second-order valence-electron chi connectivity index (χ2n) is 3.66. The van der Waals surface area contributed by atoms with E-state index in [0.717, 1.165) is 18.5 Å². The third-order valence-corrected chi connectivity index (χ3v) is 2.97. The van der Waals surface area contributed by atoms with Gasteiger partial charge >= 0.3 is 0 Å². The second kappa shape index (κ2) is 2.91. The van der Waals surface area contributed by atoms with Gasteiger partial charge in [0.05, 0.1) is 0 Å².